The average Bonchev–Trinajstić information content (AvgIpc) is 3.29. The van der Waals surface area contributed by atoms with Gasteiger partial charge in [0.25, 0.3) is 0 Å². The predicted molar refractivity (Wildman–Crippen MR) is 200 cm³/mol. The number of nitrogens with zero attached hydrogens (tertiary/aromatic N) is 2. The summed E-state index contributed by atoms with van der Waals surface area (Å²) in [5.41, 5.74) is 11.1. The standard InChI is InChI=1S/C44H44N2/c1-8-11-25-41-35(10-3)36-21-15-16-23-38(36)43(45-41)32-26-27-42(30(4)28-32)46(33-19-13-12-14-20-33)31(5)29-40-34(9-2)37-22-17-18-24-39(37)44(40,6)7/h8-10,12-29,31H,1,11H2,2-7H3/b34-9-,35-10-,40-29+,41-25+. The summed E-state index contributed by atoms with van der Waals surface area (Å²) in [4.78, 5) is 7.72. The van der Waals surface area contributed by atoms with Crippen LogP contribution in [0.2, 0.25) is 0 Å². The summed E-state index contributed by atoms with van der Waals surface area (Å²) in [6.07, 6.45) is 11.8. The van der Waals surface area contributed by atoms with E-state index in [0.717, 1.165) is 23.0 Å². The van der Waals surface area contributed by atoms with E-state index in [4.69, 9.17) is 4.98 Å². The van der Waals surface area contributed by atoms with Crippen LogP contribution in [0, 0.1) is 6.92 Å². The van der Waals surface area contributed by atoms with Crippen LogP contribution in [0.15, 0.2) is 127 Å². The minimum Gasteiger partial charge on any atom is -0.335 e. The Morgan fingerprint density at radius 2 is 1.54 bits per heavy atom. The molecule has 0 saturated carbocycles. The van der Waals surface area contributed by atoms with Crippen molar-refractivity contribution in [3.05, 3.63) is 155 Å². The van der Waals surface area contributed by atoms with Gasteiger partial charge in [0.05, 0.1) is 11.0 Å². The number of allylic oxidation sites excluding steroid dienone is 4. The number of anilines is 2. The first-order valence-electron chi connectivity index (χ1n) is 16.4. The zero-order valence-corrected chi connectivity index (χ0v) is 28.0. The second-order valence-corrected chi connectivity index (χ2v) is 12.7. The van der Waals surface area contributed by atoms with Crippen molar-refractivity contribution in [3.63, 3.8) is 0 Å². The lowest BCUT2D eigenvalue weighted by molar-refractivity contribution is 0.652. The molecule has 1 unspecified atom stereocenters. The van der Waals surface area contributed by atoms with Gasteiger partial charge in [-0.15, -0.1) is 6.58 Å². The summed E-state index contributed by atoms with van der Waals surface area (Å²) in [5.74, 6) is 0. The van der Waals surface area contributed by atoms with Gasteiger partial charge in [-0.1, -0.05) is 117 Å². The second kappa shape index (κ2) is 12.8. The summed E-state index contributed by atoms with van der Waals surface area (Å²) in [6, 6.07) is 35.2. The van der Waals surface area contributed by atoms with Crippen LogP contribution in [-0.4, -0.2) is 11.0 Å². The SMILES string of the molecule is C=CC/C=c1/nc(-c2ccc(N(c3ccccc3)C(C)/C=C3\C(=C/C)c4ccccc4C3(C)C)c(C)c2)c2ccccc2/c1=C/C. The van der Waals surface area contributed by atoms with E-state index >= 15 is 0 Å². The van der Waals surface area contributed by atoms with Crippen molar-refractivity contribution < 1.29 is 0 Å². The fourth-order valence-corrected chi connectivity index (χ4v) is 7.25. The third-order valence-electron chi connectivity index (χ3n) is 9.47. The van der Waals surface area contributed by atoms with Crippen LogP contribution in [0.5, 0.6) is 0 Å². The molecule has 5 aromatic rings. The molecule has 46 heavy (non-hydrogen) atoms. The second-order valence-electron chi connectivity index (χ2n) is 12.7. The number of rotatable bonds is 7. The van der Waals surface area contributed by atoms with Gasteiger partial charge >= 0.3 is 0 Å². The fourth-order valence-electron chi connectivity index (χ4n) is 7.25. The van der Waals surface area contributed by atoms with Gasteiger partial charge < -0.3 is 4.90 Å². The number of pyridine rings is 1. The molecule has 0 N–H and O–H groups in total. The van der Waals surface area contributed by atoms with Gasteiger partial charge in [-0.25, -0.2) is 4.98 Å². The predicted octanol–water partition coefficient (Wildman–Crippen LogP) is 10.2. The maximum absolute atomic E-state index is 5.25. The summed E-state index contributed by atoms with van der Waals surface area (Å²) in [7, 11) is 0. The maximum Gasteiger partial charge on any atom is 0.0788 e. The molecule has 1 aliphatic carbocycles. The minimum absolute atomic E-state index is 0.0803. The van der Waals surface area contributed by atoms with Gasteiger partial charge in [-0.05, 0) is 91.6 Å². The Kier molecular flexibility index (Phi) is 8.65. The van der Waals surface area contributed by atoms with Crippen LogP contribution in [-0.2, 0) is 5.41 Å². The molecule has 230 valence electrons. The normalized spacial score (nSPS) is 17.1. The molecule has 1 aromatic heterocycles. The van der Waals surface area contributed by atoms with Gasteiger partial charge in [0.1, 0.15) is 0 Å². The zero-order chi connectivity index (χ0) is 32.4. The molecule has 0 saturated heterocycles. The van der Waals surface area contributed by atoms with Gasteiger partial charge in [-0.3, -0.25) is 0 Å². The average molecular weight is 601 g/mol. The number of fused-ring (bicyclic) bond motifs is 2. The Hall–Kier alpha value is -4.95. The molecule has 1 aliphatic rings. The number of hydrogen-bond donors (Lipinski definition) is 0. The first-order valence-corrected chi connectivity index (χ1v) is 16.4. The Morgan fingerprint density at radius 1 is 0.848 bits per heavy atom. The van der Waals surface area contributed by atoms with E-state index in [1.807, 2.05) is 6.08 Å². The molecule has 2 heteroatoms. The Labute approximate surface area is 274 Å². The van der Waals surface area contributed by atoms with E-state index in [-0.39, 0.29) is 11.5 Å². The van der Waals surface area contributed by atoms with Crippen molar-refractivity contribution in [3.8, 4) is 11.3 Å². The van der Waals surface area contributed by atoms with Gasteiger partial charge in [0.2, 0.25) is 0 Å². The van der Waals surface area contributed by atoms with Crippen LogP contribution in [0.25, 0.3) is 39.8 Å². The van der Waals surface area contributed by atoms with Gasteiger partial charge in [-0.2, -0.15) is 0 Å². The van der Waals surface area contributed by atoms with Crippen molar-refractivity contribution in [1.29, 1.82) is 0 Å². The number of benzene rings is 4. The fraction of sp³-hybridized carbons (Fsp3) is 0.205. The lowest BCUT2D eigenvalue weighted by Crippen LogP contribution is -2.30. The van der Waals surface area contributed by atoms with Crippen LogP contribution < -0.4 is 15.5 Å². The van der Waals surface area contributed by atoms with Crippen LogP contribution in [0.1, 0.15) is 57.7 Å². The molecule has 0 amide bonds. The third-order valence-corrected chi connectivity index (χ3v) is 9.47. The molecule has 0 spiro atoms. The maximum atomic E-state index is 5.25. The van der Waals surface area contributed by atoms with Crippen molar-refractivity contribution in [1.82, 2.24) is 4.98 Å². The molecule has 4 aromatic carbocycles. The monoisotopic (exact) mass is 600 g/mol. The summed E-state index contributed by atoms with van der Waals surface area (Å²) >= 11 is 0. The largest absolute Gasteiger partial charge is 0.335 e. The molecule has 6 rings (SSSR count). The lowest BCUT2D eigenvalue weighted by atomic mass is 9.81. The van der Waals surface area contributed by atoms with Crippen molar-refractivity contribution in [2.75, 3.05) is 4.90 Å². The van der Waals surface area contributed by atoms with Crippen LogP contribution in [0.4, 0.5) is 11.4 Å². The van der Waals surface area contributed by atoms with E-state index in [2.05, 4.69) is 174 Å². The minimum atomic E-state index is -0.0803. The zero-order valence-electron chi connectivity index (χ0n) is 28.0. The molecule has 0 bridgehead atoms. The molecule has 1 atom stereocenters. The number of hydrogen-bond acceptors (Lipinski definition) is 2. The summed E-state index contributed by atoms with van der Waals surface area (Å²) in [5, 5.41) is 4.56. The van der Waals surface area contributed by atoms with E-state index in [1.54, 1.807) is 0 Å². The highest BCUT2D eigenvalue weighted by Crippen LogP contribution is 2.50. The molecule has 2 nitrogen and oxygen atoms in total. The van der Waals surface area contributed by atoms with Crippen molar-refractivity contribution in [2.45, 2.75) is 59.4 Å². The Bertz CT molecular complexity index is 2110. The van der Waals surface area contributed by atoms with Gasteiger partial charge in [0, 0.05) is 39.0 Å². The topological polar surface area (TPSA) is 16.1 Å². The highest BCUT2D eigenvalue weighted by molar-refractivity contribution is 5.96. The van der Waals surface area contributed by atoms with Crippen molar-refractivity contribution >= 4 is 39.9 Å². The first kappa shape index (κ1) is 31.0. The number of aromatic nitrogens is 1. The molecule has 0 radical (unpaired) electrons. The third kappa shape index (κ3) is 5.43. The Morgan fingerprint density at radius 3 is 2.24 bits per heavy atom. The van der Waals surface area contributed by atoms with E-state index < -0.39 is 0 Å². The molecular formula is C44H44N2. The Balaban J connectivity index is 1.49. The number of aryl methyl sites for hydroxylation is 1. The van der Waals surface area contributed by atoms with E-state index in [1.165, 1.54) is 55.2 Å². The molecule has 0 fully saturated rings. The highest BCUT2D eigenvalue weighted by Gasteiger charge is 2.38. The van der Waals surface area contributed by atoms with E-state index in [0.29, 0.717) is 0 Å². The lowest BCUT2D eigenvalue weighted by Gasteiger charge is -2.33. The van der Waals surface area contributed by atoms with E-state index in [9.17, 15) is 0 Å². The van der Waals surface area contributed by atoms with Gasteiger partial charge in [0.15, 0.2) is 0 Å². The quantitative estimate of drug-likeness (QED) is 0.173. The number of para-hydroxylation sites is 1. The van der Waals surface area contributed by atoms with Crippen LogP contribution in [0.3, 0.4) is 0 Å². The smallest absolute Gasteiger partial charge is 0.0788 e. The summed E-state index contributed by atoms with van der Waals surface area (Å²) in [6.45, 7) is 17.4. The summed E-state index contributed by atoms with van der Waals surface area (Å²) < 4.78 is 0. The van der Waals surface area contributed by atoms with Crippen molar-refractivity contribution in [2.24, 2.45) is 0 Å². The molecular weight excluding hydrogens is 556 g/mol. The van der Waals surface area contributed by atoms with Crippen LogP contribution >= 0.6 is 0 Å². The first-order chi connectivity index (χ1) is 22.3. The molecule has 1 heterocycles. The highest BCUT2D eigenvalue weighted by atomic mass is 15.2. The molecule has 0 aliphatic heterocycles.